The Labute approximate surface area is 235 Å². The Hall–Kier alpha value is -3.61. The summed E-state index contributed by atoms with van der Waals surface area (Å²) in [4.78, 5) is 12.9. The zero-order valence-electron chi connectivity index (χ0n) is 22.6. The second-order valence-corrected chi connectivity index (χ2v) is 13.3. The second-order valence-electron chi connectivity index (χ2n) is 9.60. The van der Waals surface area contributed by atoms with Crippen LogP contribution in [0.5, 0.6) is 11.5 Å². The Kier molecular flexibility index (Phi) is 9.02. The first-order valence-electron chi connectivity index (χ1n) is 12.7. The number of amides is 1. The summed E-state index contributed by atoms with van der Waals surface area (Å²) in [5.41, 5.74) is 2.47. The first-order chi connectivity index (χ1) is 19.0. The van der Waals surface area contributed by atoms with E-state index in [0.717, 1.165) is 11.1 Å². The molecule has 1 heterocycles. The Morgan fingerprint density at radius 2 is 1.55 bits per heavy atom. The molecule has 1 fully saturated rings. The minimum absolute atomic E-state index is 0.00228. The van der Waals surface area contributed by atoms with Gasteiger partial charge in [0.2, 0.25) is 15.9 Å². The van der Waals surface area contributed by atoms with Crippen molar-refractivity contribution in [3.8, 4) is 11.5 Å². The number of hydrogen-bond donors (Lipinski definition) is 2. The fourth-order valence-corrected chi connectivity index (χ4v) is 7.07. The van der Waals surface area contributed by atoms with Gasteiger partial charge >= 0.3 is 0 Å². The molecule has 3 aromatic carbocycles. The summed E-state index contributed by atoms with van der Waals surface area (Å²) in [6.45, 7) is 2.48. The van der Waals surface area contributed by atoms with Crippen LogP contribution in [0.4, 0.5) is 11.4 Å². The van der Waals surface area contributed by atoms with E-state index in [1.54, 1.807) is 12.1 Å². The molecule has 12 heteroatoms. The van der Waals surface area contributed by atoms with Crippen LogP contribution in [0.2, 0.25) is 0 Å². The van der Waals surface area contributed by atoms with Crippen LogP contribution in [-0.2, 0) is 30.6 Å². The number of anilines is 2. The lowest BCUT2D eigenvalue weighted by Crippen LogP contribution is -2.41. The lowest BCUT2D eigenvalue weighted by atomic mass is 9.97. The maximum atomic E-state index is 12.9. The third-order valence-corrected chi connectivity index (χ3v) is 10.0. The molecule has 1 saturated heterocycles. The molecule has 2 N–H and O–H groups in total. The molecular formula is C28H33N3O7S2. The number of piperidine rings is 1. The van der Waals surface area contributed by atoms with Crippen LogP contribution in [0, 0.1) is 12.8 Å². The van der Waals surface area contributed by atoms with Gasteiger partial charge in [0, 0.05) is 30.8 Å². The van der Waals surface area contributed by atoms with Crippen LogP contribution >= 0.6 is 0 Å². The summed E-state index contributed by atoms with van der Waals surface area (Å²) >= 11 is 0. The fourth-order valence-electron chi connectivity index (χ4n) is 4.44. The number of hydrogen-bond acceptors (Lipinski definition) is 7. The van der Waals surface area contributed by atoms with Gasteiger partial charge in [-0.2, -0.15) is 0 Å². The van der Waals surface area contributed by atoms with Gasteiger partial charge in [0.15, 0.2) is 0 Å². The van der Waals surface area contributed by atoms with Crippen molar-refractivity contribution in [2.75, 3.05) is 37.3 Å². The largest absolute Gasteiger partial charge is 0.497 e. The van der Waals surface area contributed by atoms with Crippen LogP contribution < -0.4 is 19.5 Å². The Morgan fingerprint density at radius 3 is 2.15 bits per heavy atom. The minimum Gasteiger partial charge on any atom is -0.497 e. The number of nitrogens with one attached hydrogen (secondary N) is 2. The first kappa shape index (κ1) is 29.4. The van der Waals surface area contributed by atoms with E-state index in [1.807, 2.05) is 31.2 Å². The summed E-state index contributed by atoms with van der Waals surface area (Å²) in [5, 5.41) is 2.81. The third kappa shape index (κ3) is 7.12. The molecule has 0 unspecified atom stereocenters. The molecule has 3 aromatic rings. The number of sulfonamides is 2. The number of aryl methyl sites for hydroxylation is 1. The molecule has 4 rings (SSSR count). The number of benzene rings is 3. The van der Waals surface area contributed by atoms with Crippen molar-refractivity contribution in [1.82, 2.24) is 4.31 Å². The van der Waals surface area contributed by atoms with Crippen molar-refractivity contribution in [1.29, 1.82) is 0 Å². The van der Waals surface area contributed by atoms with Gasteiger partial charge < -0.3 is 14.8 Å². The van der Waals surface area contributed by atoms with E-state index in [0.29, 0.717) is 30.0 Å². The Morgan fingerprint density at radius 1 is 0.900 bits per heavy atom. The van der Waals surface area contributed by atoms with E-state index in [-0.39, 0.29) is 41.3 Å². The minimum atomic E-state index is -3.94. The molecule has 1 amide bonds. The third-order valence-electron chi connectivity index (χ3n) is 6.77. The van der Waals surface area contributed by atoms with Crippen molar-refractivity contribution in [3.05, 3.63) is 77.9 Å². The molecular weight excluding hydrogens is 554 g/mol. The number of carbonyl (C=O) groups is 1. The van der Waals surface area contributed by atoms with Gasteiger partial charge in [-0.05, 0) is 61.7 Å². The number of carbonyl (C=O) groups excluding carboxylic acids is 1. The highest BCUT2D eigenvalue weighted by Crippen LogP contribution is 2.31. The highest BCUT2D eigenvalue weighted by Gasteiger charge is 2.31. The lowest BCUT2D eigenvalue weighted by Gasteiger charge is -2.30. The maximum absolute atomic E-state index is 12.9. The molecule has 0 aromatic heterocycles. The van der Waals surface area contributed by atoms with E-state index in [1.165, 1.54) is 48.9 Å². The van der Waals surface area contributed by atoms with Gasteiger partial charge in [-0.1, -0.05) is 29.8 Å². The molecule has 214 valence electrons. The van der Waals surface area contributed by atoms with Crippen molar-refractivity contribution in [2.45, 2.75) is 30.4 Å². The van der Waals surface area contributed by atoms with Crippen LogP contribution in [0.3, 0.4) is 0 Å². The summed E-state index contributed by atoms with van der Waals surface area (Å²) in [5.74, 6) is 0.147. The van der Waals surface area contributed by atoms with E-state index >= 15 is 0 Å². The van der Waals surface area contributed by atoms with Crippen molar-refractivity contribution < 1.29 is 31.1 Å². The van der Waals surface area contributed by atoms with E-state index in [2.05, 4.69) is 10.0 Å². The zero-order valence-corrected chi connectivity index (χ0v) is 24.2. The quantitative estimate of drug-likeness (QED) is 0.367. The second kappa shape index (κ2) is 12.3. The number of ether oxygens (including phenoxy) is 2. The molecule has 0 saturated carbocycles. The van der Waals surface area contributed by atoms with E-state index in [9.17, 15) is 21.6 Å². The number of rotatable bonds is 10. The molecule has 0 atom stereocenters. The Balaban J connectivity index is 1.33. The molecule has 10 nitrogen and oxygen atoms in total. The van der Waals surface area contributed by atoms with Crippen molar-refractivity contribution >= 4 is 37.3 Å². The van der Waals surface area contributed by atoms with Gasteiger partial charge in [-0.3, -0.25) is 9.52 Å². The van der Waals surface area contributed by atoms with Crippen LogP contribution in [0.15, 0.2) is 71.6 Å². The highest BCUT2D eigenvalue weighted by molar-refractivity contribution is 7.92. The predicted octanol–water partition coefficient (Wildman–Crippen LogP) is 3.99. The van der Waals surface area contributed by atoms with Crippen LogP contribution in [-0.4, -0.2) is 54.4 Å². The monoisotopic (exact) mass is 587 g/mol. The SMILES string of the molecule is COc1ccc(OC)c(NS(=O)(=O)c2ccc(NC(=O)C3CCN(S(=O)(=O)Cc4ccc(C)cc4)CC3)cc2)c1. The smallest absolute Gasteiger partial charge is 0.262 e. The first-order valence-corrected chi connectivity index (χ1v) is 15.8. The van der Waals surface area contributed by atoms with Crippen LogP contribution in [0.25, 0.3) is 0 Å². The fraction of sp³-hybridized carbons (Fsp3) is 0.321. The summed E-state index contributed by atoms with van der Waals surface area (Å²) in [6, 6.07) is 18.0. The summed E-state index contributed by atoms with van der Waals surface area (Å²) in [6.07, 6.45) is 0.801. The van der Waals surface area contributed by atoms with Crippen molar-refractivity contribution in [3.63, 3.8) is 0 Å². The average Bonchev–Trinajstić information content (AvgIpc) is 2.94. The standard InChI is InChI=1S/C28H33N3O7S2/c1-20-4-6-21(7-5-20)19-39(33,34)31-16-14-22(15-17-31)28(32)29-23-8-11-25(12-9-23)40(35,36)30-26-18-24(37-2)10-13-27(26)38-3/h4-13,18,22,30H,14-17,19H2,1-3H3,(H,29,32). The molecule has 40 heavy (non-hydrogen) atoms. The molecule has 0 spiro atoms. The molecule has 0 radical (unpaired) electrons. The highest BCUT2D eigenvalue weighted by atomic mass is 32.2. The van der Waals surface area contributed by atoms with E-state index in [4.69, 9.17) is 9.47 Å². The normalized spacial score (nSPS) is 14.9. The van der Waals surface area contributed by atoms with Gasteiger partial charge in [0.05, 0.1) is 30.6 Å². The van der Waals surface area contributed by atoms with Gasteiger partial charge in [-0.25, -0.2) is 21.1 Å². The van der Waals surface area contributed by atoms with Crippen LogP contribution in [0.1, 0.15) is 24.0 Å². The summed E-state index contributed by atoms with van der Waals surface area (Å²) < 4.78 is 66.0. The van der Waals surface area contributed by atoms with Gasteiger partial charge in [-0.15, -0.1) is 0 Å². The predicted molar refractivity (Wildman–Crippen MR) is 154 cm³/mol. The summed E-state index contributed by atoms with van der Waals surface area (Å²) in [7, 11) is -4.51. The average molecular weight is 588 g/mol. The number of methoxy groups -OCH3 is 2. The maximum Gasteiger partial charge on any atom is 0.262 e. The number of nitrogens with zero attached hydrogens (tertiary/aromatic N) is 1. The zero-order chi connectivity index (χ0) is 28.9. The molecule has 1 aliphatic rings. The van der Waals surface area contributed by atoms with Gasteiger partial charge in [0.25, 0.3) is 10.0 Å². The lowest BCUT2D eigenvalue weighted by molar-refractivity contribution is -0.120. The topological polar surface area (TPSA) is 131 Å². The Bertz CT molecular complexity index is 1550. The van der Waals surface area contributed by atoms with Gasteiger partial charge in [0.1, 0.15) is 11.5 Å². The van der Waals surface area contributed by atoms with E-state index < -0.39 is 20.0 Å². The molecule has 0 bridgehead atoms. The molecule has 0 aliphatic carbocycles. The molecule has 1 aliphatic heterocycles. The van der Waals surface area contributed by atoms with Crippen molar-refractivity contribution in [2.24, 2.45) is 5.92 Å².